The summed E-state index contributed by atoms with van der Waals surface area (Å²) in [4.78, 5) is 82.8. The summed E-state index contributed by atoms with van der Waals surface area (Å²) in [5.74, 6) is -7.31. The minimum absolute atomic E-state index is 0.0418. The lowest BCUT2D eigenvalue weighted by molar-refractivity contribution is -0.136. The predicted octanol–water partition coefficient (Wildman–Crippen LogP) is 2.18. The maximum Gasteiger partial charge on any atom is 0.397 e. The molecule has 2 heterocycles. The van der Waals surface area contributed by atoms with Gasteiger partial charge in [0.25, 0.3) is 0 Å². The Morgan fingerprint density at radius 1 is 0.932 bits per heavy atom. The highest BCUT2D eigenvalue weighted by Crippen LogP contribution is 2.61. The molecule has 0 aliphatic carbocycles. The van der Waals surface area contributed by atoms with E-state index in [1.807, 2.05) is 37.4 Å². The number of aliphatic hydroxyl groups excluding tert-OH is 1. The highest BCUT2D eigenvalue weighted by atomic mass is 31.2. The van der Waals surface area contributed by atoms with Crippen LogP contribution in [-0.2, 0) is 45.9 Å². The number of primary amides is 1. The summed E-state index contributed by atoms with van der Waals surface area (Å²) in [6, 6.07) is 3.00. The zero-order chi connectivity index (χ0) is 43.6. The molecule has 1 aliphatic heterocycles. The predicted molar refractivity (Wildman–Crippen MR) is 215 cm³/mol. The highest BCUT2D eigenvalue weighted by Gasteiger charge is 2.58. The van der Waals surface area contributed by atoms with Gasteiger partial charge in [0.2, 0.25) is 29.5 Å². The molecular weight excluding hydrogens is 793 g/mol. The lowest BCUT2D eigenvalue weighted by Gasteiger charge is -2.32. The van der Waals surface area contributed by atoms with E-state index in [4.69, 9.17) is 10.3 Å². The molecule has 59 heavy (non-hydrogen) atoms. The lowest BCUT2D eigenvalue weighted by Crippen LogP contribution is -2.61. The second-order valence-electron chi connectivity index (χ2n) is 15.4. The van der Waals surface area contributed by atoms with E-state index in [-0.39, 0.29) is 31.1 Å². The number of aliphatic hydroxyl groups is 1. The van der Waals surface area contributed by atoms with Gasteiger partial charge >= 0.3 is 13.3 Å². The van der Waals surface area contributed by atoms with E-state index < -0.39 is 86.2 Å². The van der Waals surface area contributed by atoms with Gasteiger partial charge in [0.1, 0.15) is 24.2 Å². The maximum atomic E-state index is 15.5. The molecule has 1 aliphatic rings. The average Bonchev–Trinajstić information content (AvgIpc) is 3.93. The minimum Gasteiger partial charge on any atom is -0.394 e. The molecule has 0 radical (unpaired) electrons. The van der Waals surface area contributed by atoms with Gasteiger partial charge in [0.05, 0.1) is 31.5 Å². The quantitative estimate of drug-likeness (QED) is 0.0465. The van der Waals surface area contributed by atoms with Gasteiger partial charge in [0.15, 0.2) is 0 Å². The lowest BCUT2D eigenvalue weighted by atomic mass is 10.0. The van der Waals surface area contributed by atoms with Crippen LogP contribution in [-0.4, -0.2) is 105 Å². The molecule has 1 saturated heterocycles. The van der Waals surface area contributed by atoms with Gasteiger partial charge in [-0.3, -0.25) is 28.5 Å². The smallest absolute Gasteiger partial charge is 0.394 e. The van der Waals surface area contributed by atoms with Crippen LogP contribution in [0.25, 0.3) is 0 Å². The summed E-state index contributed by atoms with van der Waals surface area (Å²) < 4.78 is 48.6. The summed E-state index contributed by atoms with van der Waals surface area (Å²) in [6.45, 7) is 3.53. The number of benzene rings is 1. The molecule has 1 unspecified atom stereocenters. The largest absolute Gasteiger partial charge is 0.397 e. The molecule has 5 amide bonds. The Bertz CT molecular complexity index is 1680. The van der Waals surface area contributed by atoms with E-state index in [9.17, 15) is 38.5 Å². The summed E-state index contributed by atoms with van der Waals surface area (Å²) in [6.07, 6.45) is 9.51. The summed E-state index contributed by atoms with van der Waals surface area (Å²) in [5.41, 5.74) is 2.44. The monoisotopic (exact) mass is 854 g/mol. The molecule has 0 spiro atoms. The number of rotatable bonds is 27. The average molecular weight is 855 g/mol. The number of nitrogens with zero attached hydrogens (tertiary/aromatic N) is 1. The van der Waals surface area contributed by atoms with Gasteiger partial charge in [-0.05, 0) is 56.6 Å². The molecule has 10 N–H and O–H groups in total. The fourth-order valence-corrected chi connectivity index (χ4v) is 7.87. The number of halogens is 2. The van der Waals surface area contributed by atoms with Crippen molar-refractivity contribution in [1.82, 2.24) is 36.6 Å². The zero-order valence-electron chi connectivity index (χ0n) is 34.0. The molecule has 330 valence electrons. The summed E-state index contributed by atoms with van der Waals surface area (Å²) in [5, 5.41) is 22.7. The number of unbranched alkanes of at least 4 members (excludes halogenated alkanes) is 5. The Kier molecular flexibility index (Phi) is 20.0. The van der Waals surface area contributed by atoms with Gasteiger partial charge < -0.3 is 51.8 Å². The van der Waals surface area contributed by atoms with Crippen LogP contribution in [0, 0.1) is 11.8 Å². The Hall–Kier alpha value is -4.29. The van der Waals surface area contributed by atoms with Gasteiger partial charge in [0, 0.05) is 18.3 Å². The Morgan fingerprint density at radius 3 is 2.15 bits per heavy atom. The van der Waals surface area contributed by atoms with Crippen molar-refractivity contribution in [2.75, 3.05) is 19.8 Å². The van der Waals surface area contributed by atoms with Crippen LogP contribution < -0.4 is 32.3 Å². The van der Waals surface area contributed by atoms with Crippen molar-refractivity contribution in [1.29, 1.82) is 0 Å². The van der Waals surface area contributed by atoms with Crippen LogP contribution in [0.5, 0.6) is 0 Å². The molecule has 1 fully saturated rings. The van der Waals surface area contributed by atoms with Gasteiger partial charge in [-0.25, -0.2) is 4.98 Å². The molecule has 1 aromatic heterocycles. The number of amides is 5. The minimum atomic E-state index is -5.72. The summed E-state index contributed by atoms with van der Waals surface area (Å²) >= 11 is 0. The highest BCUT2D eigenvalue weighted by molar-refractivity contribution is 7.54. The van der Waals surface area contributed by atoms with Gasteiger partial charge in [-0.2, -0.15) is 8.78 Å². The third-order valence-corrected chi connectivity index (χ3v) is 11.8. The van der Waals surface area contributed by atoms with Crippen molar-refractivity contribution in [3.05, 3.63) is 54.1 Å². The Morgan fingerprint density at radius 2 is 1.56 bits per heavy atom. The third-order valence-electron chi connectivity index (χ3n) is 10.1. The standard InChI is InChI=1S/C39H61F2N8O9P/c1-25(2)20-30(46-35(52)29-17-13-18-44-29)36(53)47-31(21-28-22-43-24-45-28)37(54)48-32(23-50)38(55)49-33(34(42)51)26(3)39(40,41)59(56,57)58-19-12-7-5-4-6-9-14-27-15-10-8-11-16-27/h8,10-11,15-16,22,24-26,29-33,44,50H,4-7,9,12-14,17-21,23H2,1-3H3,(H2,42,51)(H,43,45)(H,46,52)(H,47,53)(H,48,54)(H,49,55)(H,56,57)/t26-,29+,30+,31+,32+,33+/m1/s1. The summed E-state index contributed by atoms with van der Waals surface area (Å²) in [7, 11) is -5.72. The van der Waals surface area contributed by atoms with Crippen LogP contribution in [0.4, 0.5) is 8.78 Å². The van der Waals surface area contributed by atoms with E-state index in [0.717, 1.165) is 45.4 Å². The van der Waals surface area contributed by atoms with Crippen molar-refractivity contribution in [2.24, 2.45) is 17.6 Å². The van der Waals surface area contributed by atoms with Crippen LogP contribution in [0.15, 0.2) is 42.9 Å². The zero-order valence-corrected chi connectivity index (χ0v) is 34.9. The third kappa shape index (κ3) is 15.7. The molecular formula is C39H61F2N8O9P. The molecule has 17 nitrogen and oxygen atoms in total. The molecule has 0 bridgehead atoms. The first kappa shape index (κ1) is 49.1. The first-order valence-corrected chi connectivity index (χ1v) is 21.8. The van der Waals surface area contributed by atoms with Crippen LogP contribution in [0.2, 0.25) is 0 Å². The van der Waals surface area contributed by atoms with Crippen LogP contribution in [0.1, 0.15) is 89.8 Å². The molecule has 20 heteroatoms. The van der Waals surface area contributed by atoms with Crippen molar-refractivity contribution in [2.45, 2.75) is 127 Å². The van der Waals surface area contributed by atoms with Gasteiger partial charge in [-0.1, -0.05) is 76.8 Å². The Labute approximate surface area is 343 Å². The number of carbonyl (C=O) groups excluding carboxylic acids is 5. The maximum absolute atomic E-state index is 15.5. The topological polar surface area (TPSA) is 267 Å². The number of aryl methyl sites for hydroxylation is 1. The van der Waals surface area contributed by atoms with E-state index >= 15 is 8.78 Å². The fourth-order valence-electron chi connectivity index (χ4n) is 6.66. The number of hydrogen-bond acceptors (Lipinski definition) is 10. The van der Waals surface area contributed by atoms with E-state index in [0.29, 0.717) is 25.1 Å². The van der Waals surface area contributed by atoms with Gasteiger partial charge in [-0.15, -0.1) is 0 Å². The van der Waals surface area contributed by atoms with Crippen molar-refractivity contribution < 1.29 is 51.8 Å². The number of alkyl halides is 2. The van der Waals surface area contributed by atoms with E-state index in [1.54, 1.807) is 0 Å². The second kappa shape index (κ2) is 24.1. The first-order valence-electron chi connectivity index (χ1n) is 20.2. The van der Waals surface area contributed by atoms with Crippen LogP contribution in [0.3, 0.4) is 0 Å². The number of nitrogens with two attached hydrogens (primary N) is 1. The van der Waals surface area contributed by atoms with E-state index in [2.05, 4.69) is 43.4 Å². The number of imidazole rings is 1. The SMILES string of the molecule is CC(C)C[C@H](NC(=O)[C@@H]1CCCN1)C(=O)N[C@@H](Cc1cnc[nH]1)C(=O)N[C@@H](CO)C(=O)N[C@H](C(N)=O)[C@@H](C)C(F)(F)P(=O)(O)OCCCCCCCCc1ccccc1. The van der Waals surface area contributed by atoms with Crippen molar-refractivity contribution in [3.8, 4) is 0 Å². The first-order chi connectivity index (χ1) is 28.0. The second-order valence-corrected chi connectivity index (χ2v) is 17.3. The molecule has 3 rings (SSSR count). The Balaban J connectivity index is 1.60. The molecule has 7 atom stereocenters. The van der Waals surface area contributed by atoms with Crippen molar-refractivity contribution in [3.63, 3.8) is 0 Å². The molecule has 0 saturated carbocycles. The number of H-pyrrole nitrogens is 1. The number of nitrogens with one attached hydrogen (secondary N) is 6. The molecule has 1 aromatic carbocycles. The van der Waals surface area contributed by atoms with Crippen LogP contribution >= 0.6 is 7.60 Å². The number of hydrogen-bond donors (Lipinski definition) is 9. The normalized spacial score (nSPS) is 17.9. The van der Waals surface area contributed by atoms with Crippen molar-refractivity contribution >= 4 is 37.1 Å². The number of carbonyl (C=O) groups is 5. The fraction of sp³-hybridized carbons (Fsp3) is 0.641. The molecule has 2 aromatic rings. The number of aromatic amines is 1. The van der Waals surface area contributed by atoms with E-state index in [1.165, 1.54) is 18.1 Å². The number of aromatic nitrogens is 2.